The van der Waals surface area contributed by atoms with Crippen molar-refractivity contribution in [2.24, 2.45) is 5.16 Å². The second-order valence-corrected chi connectivity index (χ2v) is 15.4. The van der Waals surface area contributed by atoms with E-state index in [1.807, 2.05) is 0 Å². The molecule has 1 fully saturated rings. The van der Waals surface area contributed by atoms with Gasteiger partial charge in [-0.3, -0.25) is 14.3 Å². The van der Waals surface area contributed by atoms with Crippen molar-refractivity contribution < 1.29 is 19.4 Å². The highest BCUT2D eigenvalue weighted by molar-refractivity contribution is 5.83. The van der Waals surface area contributed by atoms with Crippen LogP contribution in [0.15, 0.2) is 75.6 Å². The minimum Gasteiger partial charge on any atom is -0.393 e. The number of H-pyrrole nitrogens is 1. The quantitative estimate of drug-likeness (QED) is 0.0307. The van der Waals surface area contributed by atoms with E-state index in [2.05, 4.69) is 72.6 Å². The summed E-state index contributed by atoms with van der Waals surface area (Å²) in [5, 5.41) is 15.5. The highest BCUT2D eigenvalue weighted by Gasteiger charge is 2.46. The van der Waals surface area contributed by atoms with Gasteiger partial charge in [-0.1, -0.05) is 145 Å². The fraction of sp³-hybridized carbons (Fsp3) is 0.723. The van der Waals surface area contributed by atoms with E-state index >= 15 is 0 Å². The predicted octanol–water partition coefficient (Wildman–Crippen LogP) is 11.6. The van der Waals surface area contributed by atoms with Gasteiger partial charge in [-0.2, -0.15) is 0 Å². The molecule has 0 aliphatic carbocycles. The molecule has 0 radical (unpaired) electrons. The number of methoxy groups -OCH3 is 1. The number of aliphatic hydroxyl groups excluding tert-OH is 1. The molecule has 0 amide bonds. The van der Waals surface area contributed by atoms with Crippen LogP contribution in [0.2, 0.25) is 0 Å². The van der Waals surface area contributed by atoms with Gasteiger partial charge in [0.05, 0.1) is 5.71 Å². The molecule has 4 atom stereocenters. The maximum atomic E-state index is 12.4. The Morgan fingerprint density at radius 1 is 0.714 bits per heavy atom. The van der Waals surface area contributed by atoms with Crippen molar-refractivity contribution in [3.05, 3.63) is 81.7 Å². The monoisotopic (exact) mass is 782 g/mol. The number of hydrogen-bond donors (Lipinski definition) is 2. The van der Waals surface area contributed by atoms with Crippen LogP contribution in [0, 0.1) is 0 Å². The molecule has 0 spiro atoms. The molecule has 9 heteroatoms. The van der Waals surface area contributed by atoms with E-state index in [0.29, 0.717) is 0 Å². The highest BCUT2D eigenvalue weighted by Crippen LogP contribution is 2.30. The molecule has 1 aromatic heterocycles. The lowest BCUT2D eigenvalue weighted by molar-refractivity contribution is -0.0719. The maximum absolute atomic E-state index is 12.4. The molecule has 1 aliphatic heterocycles. The lowest BCUT2D eigenvalue weighted by atomic mass is 10.0. The van der Waals surface area contributed by atoms with Crippen molar-refractivity contribution in [1.29, 1.82) is 0 Å². The average molecular weight is 782 g/mol. The van der Waals surface area contributed by atoms with E-state index in [-0.39, 0.29) is 6.61 Å². The third kappa shape index (κ3) is 23.3. The van der Waals surface area contributed by atoms with Gasteiger partial charge in [0.25, 0.3) is 5.56 Å². The Labute approximate surface area is 339 Å². The molecule has 2 heterocycles. The fourth-order valence-electron chi connectivity index (χ4n) is 7.02. The number of aliphatic hydroxyl groups is 1. The first-order valence-corrected chi connectivity index (χ1v) is 22.5. The van der Waals surface area contributed by atoms with Gasteiger partial charge in [0.1, 0.15) is 24.9 Å². The summed E-state index contributed by atoms with van der Waals surface area (Å²) >= 11 is 0. The summed E-state index contributed by atoms with van der Waals surface area (Å²) in [4.78, 5) is 32.0. The maximum Gasteiger partial charge on any atom is 0.330 e. The van der Waals surface area contributed by atoms with Crippen molar-refractivity contribution in [3.63, 3.8) is 0 Å². The minimum absolute atomic E-state index is 0.0342. The molecule has 9 nitrogen and oxygen atoms in total. The first kappa shape index (κ1) is 49.1. The van der Waals surface area contributed by atoms with E-state index in [4.69, 9.17) is 14.3 Å². The number of oxime groups is 1. The largest absolute Gasteiger partial charge is 0.393 e. The Hall–Kier alpha value is -3.01. The lowest BCUT2D eigenvalue weighted by Crippen LogP contribution is -2.38. The summed E-state index contributed by atoms with van der Waals surface area (Å²) in [5.74, 6) is 0. The third-order valence-corrected chi connectivity index (χ3v) is 10.5. The van der Waals surface area contributed by atoms with Crippen LogP contribution in [0.25, 0.3) is 0 Å². The van der Waals surface area contributed by atoms with Gasteiger partial charge in [0.15, 0.2) is 6.23 Å². The zero-order chi connectivity index (χ0) is 40.3. The molecule has 56 heavy (non-hydrogen) atoms. The Balaban J connectivity index is 1.73. The van der Waals surface area contributed by atoms with E-state index < -0.39 is 35.8 Å². The normalized spacial score (nSPS) is 18.7. The zero-order valence-corrected chi connectivity index (χ0v) is 35.6. The van der Waals surface area contributed by atoms with Gasteiger partial charge in [-0.05, 0) is 89.9 Å². The topological polar surface area (TPSA) is 115 Å². The fourth-order valence-corrected chi connectivity index (χ4v) is 7.02. The smallest absolute Gasteiger partial charge is 0.330 e. The van der Waals surface area contributed by atoms with Crippen molar-refractivity contribution in [2.45, 2.75) is 205 Å². The number of aromatic nitrogens is 2. The average Bonchev–Trinajstić information content (AvgIpc) is 3.51. The molecule has 2 unspecified atom stereocenters. The number of nitrogens with one attached hydrogen (secondary N) is 1. The van der Waals surface area contributed by atoms with Gasteiger partial charge >= 0.3 is 5.69 Å². The Morgan fingerprint density at radius 3 is 1.64 bits per heavy atom. The van der Waals surface area contributed by atoms with Crippen LogP contribution in [0.3, 0.4) is 0 Å². The van der Waals surface area contributed by atoms with Gasteiger partial charge in [0, 0.05) is 19.4 Å². The first-order valence-electron chi connectivity index (χ1n) is 22.5. The van der Waals surface area contributed by atoms with Gasteiger partial charge in [-0.15, -0.1) is 0 Å². The van der Waals surface area contributed by atoms with E-state index in [0.717, 1.165) is 44.2 Å². The molecule has 1 aliphatic rings. The summed E-state index contributed by atoms with van der Waals surface area (Å²) < 4.78 is 12.7. The molecule has 2 rings (SSSR count). The molecular formula is C47H79N3O6. The summed E-state index contributed by atoms with van der Waals surface area (Å²) in [6, 6.07) is 1.24. The van der Waals surface area contributed by atoms with Crippen LogP contribution in [-0.4, -0.2) is 52.4 Å². The first-order chi connectivity index (χ1) is 27.5. The molecule has 0 bridgehead atoms. The van der Waals surface area contributed by atoms with E-state index in [1.165, 1.54) is 152 Å². The zero-order valence-electron chi connectivity index (χ0n) is 35.6. The second-order valence-electron chi connectivity index (χ2n) is 15.4. The third-order valence-electron chi connectivity index (χ3n) is 10.5. The number of hydrogen-bond acceptors (Lipinski definition) is 7. The molecule has 318 valence electrons. The van der Waals surface area contributed by atoms with Crippen LogP contribution in [-0.2, 0) is 14.3 Å². The Kier molecular flexibility index (Phi) is 29.9. The van der Waals surface area contributed by atoms with Crippen LogP contribution in [0.1, 0.15) is 187 Å². The number of aromatic amines is 1. The molecule has 1 saturated heterocycles. The summed E-state index contributed by atoms with van der Waals surface area (Å²) in [6.45, 7) is 4.53. The highest BCUT2D eigenvalue weighted by atomic mass is 16.7. The second kappa shape index (κ2) is 34.1. The molecule has 0 saturated carbocycles. The standard InChI is InChI=1S/C47H79N3O6/c1-4-6-8-10-12-14-16-18-20-22-24-26-28-30-32-34-36-41(37-35-33-31-29-27-25-23-21-19-17-15-13-11-9-7-5-2)49-55-40-42-44(52)45(54-3)46(56-42)50-39-38-43(51)48-47(50)53/h12-15,18-21,38-39,42,44-46,52H,4-11,16-17,22-37,40H2,1-3H3,(H,48,51,53)/b14-12-,15-13-,20-18-,21-19-/t42-,44?,45?,46-/m1/s1. The Morgan fingerprint density at radius 2 is 1.18 bits per heavy atom. The van der Waals surface area contributed by atoms with Crippen LogP contribution >= 0.6 is 0 Å². The van der Waals surface area contributed by atoms with Crippen molar-refractivity contribution in [3.8, 4) is 0 Å². The SMILES string of the molecule is CCCCC/C=C\C/C=C\CCCCCCCCC(CCCCCCCC/C=C\C/C=C\CCCCC)=NOC[C@H]1O[C@@H](n2ccc(=O)[nH]c2=O)C(OC)C1O. The molecule has 1 aromatic rings. The molecular weight excluding hydrogens is 703 g/mol. The van der Waals surface area contributed by atoms with E-state index in [1.54, 1.807) is 0 Å². The number of nitrogens with zero attached hydrogens (tertiary/aromatic N) is 2. The van der Waals surface area contributed by atoms with E-state index in [9.17, 15) is 14.7 Å². The van der Waals surface area contributed by atoms with Gasteiger partial charge in [-0.25, -0.2) is 4.79 Å². The van der Waals surface area contributed by atoms with Gasteiger partial charge in [0.2, 0.25) is 0 Å². The summed E-state index contributed by atoms with van der Waals surface area (Å²) in [5.41, 5.74) is -0.0661. The number of unbranched alkanes of at least 4 members (excludes halogenated alkanes) is 18. The van der Waals surface area contributed by atoms with Crippen LogP contribution in [0.4, 0.5) is 0 Å². The van der Waals surface area contributed by atoms with Crippen molar-refractivity contribution >= 4 is 5.71 Å². The lowest BCUT2D eigenvalue weighted by Gasteiger charge is -2.19. The van der Waals surface area contributed by atoms with Crippen molar-refractivity contribution in [1.82, 2.24) is 9.55 Å². The predicted molar refractivity (Wildman–Crippen MR) is 233 cm³/mol. The van der Waals surface area contributed by atoms with Crippen LogP contribution < -0.4 is 11.2 Å². The summed E-state index contributed by atoms with van der Waals surface area (Å²) in [7, 11) is 1.46. The summed E-state index contributed by atoms with van der Waals surface area (Å²) in [6.07, 6.45) is 47.4. The molecule has 0 aromatic carbocycles. The number of ether oxygens (including phenoxy) is 2. The number of rotatable bonds is 35. The van der Waals surface area contributed by atoms with Crippen molar-refractivity contribution in [2.75, 3.05) is 13.7 Å². The Bertz CT molecular complexity index is 1310. The van der Waals surface area contributed by atoms with Gasteiger partial charge < -0.3 is 19.4 Å². The molecule has 2 N–H and O–H groups in total. The minimum atomic E-state index is -1.03. The number of allylic oxidation sites excluding steroid dienone is 8. The van der Waals surface area contributed by atoms with Crippen LogP contribution in [0.5, 0.6) is 0 Å².